The highest BCUT2D eigenvalue weighted by Crippen LogP contribution is 2.48. The lowest BCUT2D eigenvalue weighted by molar-refractivity contribution is 1.11. The van der Waals surface area contributed by atoms with E-state index in [1.165, 1.54) is 25.3 Å². The molecule has 15 heteroatoms. The molecule has 0 N–H and O–H groups in total. The number of fused-ring (bicyclic) bond motifs is 9. The van der Waals surface area contributed by atoms with Crippen LogP contribution in [0.2, 0.25) is 0 Å². The number of thiophene rings is 3. The minimum absolute atomic E-state index is 0.787. The van der Waals surface area contributed by atoms with Gasteiger partial charge in [-0.2, -0.15) is 0 Å². The molecule has 7 rings (SSSR count). The van der Waals surface area contributed by atoms with Gasteiger partial charge >= 0.3 is 0 Å². The second-order valence-electron chi connectivity index (χ2n) is 12.0. The smallest absolute Gasteiger partial charge is 0.120 e. The molecule has 0 fully saturated rings. The molecule has 6 nitrogen and oxygen atoms in total. The van der Waals surface area contributed by atoms with Crippen molar-refractivity contribution in [1.29, 1.82) is 0 Å². The Balaban J connectivity index is 1.62. The third-order valence-corrected chi connectivity index (χ3v) is 20.0. The van der Waals surface area contributed by atoms with Crippen molar-refractivity contribution in [1.82, 2.24) is 29.9 Å². The van der Waals surface area contributed by atoms with Crippen molar-refractivity contribution in [3.05, 3.63) is 0 Å². The lowest BCUT2D eigenvalue weighted by Gasteiger charge is -2.10. The van der Waals surface area contributed by atoms with Crippen LogP contribution in [0.3, 0.4) is 0 Å². The predicted octanol–water partition coefficient (Wildman–Crippen LogP) is 14.2. The molecule has 0 unspecified atom stereocenters. The van der Waals surface area contributed by atoms with Gasteiger partial charge in [0, 0.05) is 0 Å². The first-order valence-corrected chi connectivity index (χ1v) is 26.2. The molecule has 0 spiro atoms. The summed E-state index contributed by atoms with van der Waals surface area (Å²) in [5, 5.41) is 0. The van der Waals surface area contributed by atoms with Crippen molar-refractivity contribution < 1.29 is 0 Å². The lowest BCUT2D eigenvalue weighted by Crippen LogP contribution is -1.98. The average Bonchev–Trinajstić information content (AvgIpc) is 3.80. The van der Waals surface area contributed by atoms with Crippen LogP contribution in [0, 0.1) is 0 Å². The van der Waals surface area contributed by atoms with Crippen molar-refractivity contribution in [2.75, 3.05) is 34.5 Å². The van der Waals surface area contributed by atoms with Gasteiger partial charge in [-0.25, -0.2) is 29.9 Å². The van der Waals surface area contributed by atoms with Crippen LogP contribution >= 0.6 is 105 Å². The van der Waals surface area contributed by atoms with E-state index in [0.717, 1.165) is 139 Å². The maximum atomic E-state index is 5.52. The van der Waals surface area contributed by atoms with Crippen molar-refractivity contribution in [2.45, 2.75) is 105 Å². The lowest BCUT2D eigenvalue weighted by atomic mass is 10.1. The molecule has 51 heavy (non-hydrogen) atoms. The fourth-order valence-electron chi connectivity index (χ4n) is 5.45. The van der Waals surface area contributed by atoms with Gasteiger partial charge in [0.2, 0.25) is 0 Å². The molecule has 0 radical (unpaired) electrons. The number of hydrogen-bond acceptors (Lipinski definition) is 15. The summed E-state index contributed by atoms with van der Waals surface area (Å²) in [4.78, 5) is 33.1. The summed E-state index contributed by atoms with van der Waals surface area (Å²) in [6.07, 6.45) is 6.65. The normalized spacial score (nSPS) is 12.4. The molecule has 6 aromatic heterocycles. The number of aromatic nitrogens is 6. The molecule has 0 atom stereocenters. The highest BCUT2D eigenvalue weighted by molar-refractivity contribution is 8.04. The van der Waals surface area contributed by atoms with E-state index in [1.54, 1.807) is 0 Å². The van der Waals surface area contributed by atoms with Crippen LogP contribution in [0.5, 0.6) is 0 Å². The number of benzene rings is 1. The van der Waals surface area contributed by atoms with Crippen LogP contribution in [0.15, 0.2) is 25.3 Å². The van der Waals surface area contributed by atoms with Gasteiger partial charge < -0.3 is 0 Å². The van der Waals surface area contributed by atoms with E-state index in [2.05, 4.69) is 41.5 Å². The van der Waals surface area contributed by atoms with Gasteiger partial charge in [0.05, 0.1) is 25.3 Å². The Morgan fingerprint density at radius 3 is 0.569 bits per heavy atom. The third kappa shape index (κ3) is 7.72. The zero-order chi connectivity index (χ0) is 35.5. The van der Waals surface area contributed by atoms with Crippen LogP contribution < -0.4 is 0 Å². The molecule has 270 valence electrons. The molecule has 0 aliphatic rings. The maximum absolute atomic E-state index is 5.52. The molecule has 6 heterocycles. The Kier molecular flexibility index (Phi) is 13.4. The first kappa shape index (κ1) is 38.5. The molecule has 7 aromatic rings. The van der Waals surface area contributed by atoms with E-state index in [4.69, 9.17) is 29.9 Å². The van der Waals surface area contributed by atoms with Crippen molar-refractivity contribution in [3.63, 3.8) is 0 Å². The Hall–Kier alpha value is -0.780. The summed E-state index contributed by atoms with van der Waals surface area (Å²) in [6, 6.07) is 0. The Labute approximate surface area is 337 Å². The van der Waals surface area contributed by atoms with Crippen molar-refractivity contribution in [2.24, 2.45) is 0 Å². The van der Waals surface area contributed by atoms with Gasteiger partial charge in [0.15, 0.2) is 0 Å². The minimum Gasteiger partial charge on any atom is -0.240 e. The minimum atomic E-state index is 0.787. The second-order valence-corrected chi connectivity index (χ2v) is 23.2. The molecule has 0 saturated carbocycles. The Bertz CT molecular complexity index is 1890. The summed E-state index contributed by atoms with van der Waals surface area (Å²) in [5.74, 6) is 6.31. The van der Waals surface area contributed by atoms with Gasteiger partial charge in [0.1, 0.15) is 66.2 Å². The van der Waals surface area contributed by atoms with Crippen LogP contribution in [0.4, 0.5) is 0 Å². The summed E-state index contributed by atoms with van der Waals surface area (Å²) in [5.41, 5.74) is 10.6. The largest absolute Gasteiger partial charge is 0.240 e. The summed E-state index contributed by atoms with van der Waals surface area (Å²) < 4.78 is 7.45. The first-order valence-electron chi connectivity index (χ1n) is 17.9. The zero-order valence-corrected chi connectivity index (χ0v) is 37.2. The van der Waals surface area contributed by atoms with Crippen LogP contribution in [-0.2, 0) is 0 Å². The molecule has 0 aliphatic heterocycles. The van der Waals surface area contributed by atoms with E-state index in [-0.39, 0.29) is 0 Å². The van der Waals surface area contributed by atoms with Gasteiger partial charge in [-0.3, -0.25) is 0 Å². The standard InChI is InChI=1S/C36H42N6S9/c1-7-13-43-31-25-26(32(49-31)44-14-8-2)38-20-19(37-25)21-23(41-28-27(39-21)33(45-15-9-3)50-34(28)46-16-10-4)24-22(20)40-29-30(42-24)36(48-18-12-6)51-35(29)47-17-11-5/h7-18H2,1-6H3. The van der Waals surface area contributed by atoms with Crippen LogP contribution in [0.25, 0.3) is 66.2 Å². The number of rotatable bonds is 18. The molecular formula is C36H42N6S9. The third-order valence-electron chi connectivity index (χ3n) is 7.70. The molecule has 1 aromatic carbocycles. The Morgan fingerprint density at radius 2 is 0.431 bits per heavy atom. The Morgan fingerprint density at radius 1 is 0.275 bits per heavy atom. The predicted molar refractivity (Wildman–Crippen MR) is 238 cm³/mol. The van der Waals surface area contributed by atoms with E-state index < -0.39 is 0 Å². The number of thioether (sulfide) groups is 6. The van der Waals surface area contributed by atoms with Crippen molar-refractivity contribution in [3.8, 4) is 0 Å². The average molecular weight is 847 g/mol. The quantitative estimate of drug-likeness (QED) is 0.0609. The monoisotopic (exact) mass is 846 g/mol. The SMILES string of the molecule is CCCSc1sc(SCCC)c2nc3c(nc12)c1nc2c(SCCC)sc(SCCC)c2nc1c1nc2c(SCCC)sc(SCCC)c2nc31. The number of nitrogens with zero attached hydrogens (tertiary/aromatic N) is 6. The van der Waals surface area contributed by atoms with Crippen LogP contribution in [0.1, 0.15) is 80.1 Å². The second kappa shape index (κ2) is 17.8. The molecule has 0 saturated heterocycles. The molecule has 0 aliphatic carbocycles. The molecule has 0 amide bonds. The highest BCUT2D eigenvalue weighted by Gasteiger charge is 2.26. The van der Waals surface area contributed by atoms with Gasteiger partial charge in [0.25, 0.3) is 0 Å². The maximum Gasteiger partial charge on any atom is 0.120 e. The van der Waals surface area contributed by atoms with E-state index in [1.807, 2.05) is 105 Å². The summed E-state index contributed by atoms with van der Waals surface area (Å²) >= 11 is 16.9. The zero-order valence-electron chi connectivity index (χ0n) is 29.8. The topological polar surface area (TPSA) is 77.3 Å². The molecular weight excluding hydrogens is 805 g/mol. The van der Waals surface area contributed by atoms with Gasteiger partial charge in [-0.05, 0) is 73.0 Å². The van der Waals surface area contributed by atoms with E-state index in [9.17, 15) is 0 Å². The summed E-state index contributed by atoms with van der Waals surface area (Å²) in [7, 11) is 0. The highest BCUT2D eigenvalue weighted by atomic mass is 32.2. The summed E-state index contributed by atoms with van der Waals surface area (Å²) in [6.45, 7) is 13.4. The fourth-order valence-corrected chi connectivity index (χ4v) is 16.3. The van der Waals surface area contributed by atoms with Crippen molar-refractivity contribution >= 4 is 171 Å². The van der Waals surface area contributed by atoms with E-state index >= 15 is 0 Å². The van der Waals surface area contributed by atoms with Gasteiger partial charge in [-0.15, -0.1) is 105 Å². The fraction of sp³-hybridized carbons (Fsp3) is 0.500. The van der Waals surface area contributed by atoms with E-state index in [0.29, 0.717) is 0 Å². The first-order chi connectivity index (χ1) is 25.0. The van der Waals surface area contributed by atoms with Crippen LogP contribution in [-0.4, -0.2) is 64.4 Å². The number of hydrogen-bond donors (Lipinski definition) is 0. The molecule has 0 bridgehead atoms. The van der Waals surface area contributed by atoms with Gasteiger partial charge in [-0.1, -0.05) is 41.5 Å².